The molecule has 0 spiro atoms. The Balaban J connectivity index is 1.89. The van der Waals surface area contributed by atoms with Crippen LogP contribution in [0.1, 0.15) is 17.2 Å². The molecule has 0 saturated carbocycles. The lowest BCUT2D eigenvalue weighted by Crippen LogP contribution is -2.39. The summed E-state index contributed by atoms with van der Waals surface area (Å²) in [5.74, 6) is 0.149. The van der Waals surface area contributed by atoms with Crippen molar-refractivity contribution in [2.75, 3.05) is 39.2 Å². The van der Waals surface area contributed by atoms with Crippen LogP contribution in [0.15, 0.2) is 40.2 Å². The molecule has 6 nitrogen and oxygen atoms in total. The van der Waals surface area contributed by atoms with Crippen molar-refractivity contribution in [1.82, 2.24) is 9.47 Å². The number of fused-ring (bicyclic) bond motifs is 1. The molecule has 0 radical (unpaired) electrons. The van der Waals surface area contributed by atoms with Gasteiger partial charge >= 0.3 is 5.97 Å². The van der Waals surface area contributed by atoms with Crippen LogP contribution in [0.3, 0.4) is 0 Å². The van der Waals surface area contributed by atoms with Crippen LogP contribution in [0.4, 0.5) is 0 Å². The zero-order valence-corrected chi connectivity index (χ0v) is 17.0. The summed E-state index contributed by atoms with van der Waals surface area (Å²) in [4.78, 5) is 28.0. The molecule has 1 aromatic heterocycles. The molecule has 2 aliphatic rings. The van der Waals surface area contributed by atoms with Crippen LogP contribution >= 0.6 is 11.8 Å². The molecule has 2 aliphatic heterocycles. The Hall–Kier alpha value is -2.09. The van der Waals surface area contributed by atoms with E-state index in [9.17, 15) is 9.59 Å². The number of esters is 1. The first-order chi connectivity index (χ1) is 13.6. The van der Waals surface area contributed by atoms with E-state index in [0.29, 0.717) is 25.5 Å². The Labute approximate surface area is 168 Å². The van der Waals surface area contributed by atoms with Gasteiger partial charge < -0.3 is 9.47 Å². The van der Waals surface area contributed by atoms with Gasteiger partial charge in [0.1, 0.15) is 6.04 Å². The molecule has 3 heterocycles. The number of nitrogens with zero attached hydrogens (tertiary/aromatic N) is 2. The van der Waals surface area contributed by atoms with Crippen molar-refractivity contribution in [3.05, 3.63) is 51.8 Å². The number of carbonyl (C=O) groups is 1. The van der Waals surface area contributed by atoms with Gasteiger partial charge in [0.05, 0.1) is 25.3 Å². The highest BCUT2D eigenvalue weighted by atomic mass is 32.2. The van der Waals surface area contributed by atoms with Crippen LogP contribution in [0.2, 0.25) is 0 Å². The fourth-order valence-corrected chi connectivity index (χ4v) is 5.28. The van der Waals surface area contributed by atoms with Crippen molar-refractivity contribution in [2.45, 2.75) is 24.5 Å². The number of carbonyl (C=O) groups excluding carboxylic acids is 1. The molecule has 7 heteroatoms. The number of methoxy groups -OCH3 is 1. The standard InChI is InChI=1S/C21H24N2O4S/c1-14-16(12-22-8-10-27-11-9-22)19(24)23-17(21(25)26-2)13-28-20(23)18(14)15-6-4-3-5-7-15/h3-7,17H,8-13H2,1-2H3/t17-/m0/s1. The normalized spacial score (nSPS) is 19.4. The van der Waals surface area contributed by atoms with Crippen molar-refractivity contribution in [2.24, 2.45) is 0 Å². The van der Waals surface area contributed by atoms with E-state index in [2.05, 4.69) is 17.0 Å². The van der Waals surface area contributed by atoms with Crippen molar-refractivity contribution < 1.29 is 14.3 Å². The number of rotatable bonds is 4. The Kier molecular flexibility index (Phi) is 5.57. The quantitative estimate of drug-likeness (QED) is 0.735. The molecular weight excluding hydrogens is 376 g/mol. The molecule has 0 bridgehead atoms. The first-order valence-electron chi connectivity index (χ1n) is 9.46. The predicted octanol–water partition coefficient (Wildman–Crippen LogP) is 2.48. The average Bonchev–Trinajstić information content (AvgIpc) is 3.17. The van der Waals surface area contributed by atoms with Crippen molar-refractivity contribution in [3.63, 3.8) is 0 Å². The number of pyridine rings is 1. The number of benzene rings is 1. The molecule has 0 N–H and O–H groups in total. The summed E-state index contributed by atoms with van der Waals surface area (Å²) in [7, 11) is 1.37. The Morgan fingerprint density at radius 2 is 1.96 bits per heavy atom. The van der Waals surface area contributed by atoms with Gasteiger partial charge in [-0.3, -0.25) is 14.3 Å². The molecular formula is C21H24N2O4S. The van der Waals surface area contributed by atoms with Crippen LogP contribution in [-0.2, 0) is 20.8 Å². The van der Waals surface area contributed by atoms with Crippen molar-refractivity contribution in [3.8, 4) is 11.1 Å². The van der Waals surface area contributed by atoms with Gasteiger partial charge in [0.25, 0.3) is 5.56 Å². The summed E-state index contributed by atoms with van der Waals surface area (Å²) in [6.45, 7) is 5.54. The van der Waals surface area contributed by atoms with Crippen LogP contribution in [-0.4, -0.2) is 54.6 Å². The highest BCUT2D eigenvalue weighted by Crippen LogP contribution is 2.41. The van der Waals surface area contributed by atoms with E-state index in [1.54, 1.807) is 16.3 Å². The van der Waals surface area contributed by atoms with E-state index in [4.69, 9.17) is 9.47 Å². The summed E-state index contributed by atoms with van der Waals surface area (Å²) in [6.07, 6.45) is 0. The molecule has 1 saturated heterocycles. The SMILES string of the molecule is COC(=O)[C@@H]1CSc2c(-c3ccccc3)c(C)c(CN3CCOCC3)c(=O)n21. The molecule has 1 atom stereocenters. The van der Waals surface area contributed by atoms with Gasteiger partial charge in [0, 0.05) is 36.5 Å². The molecule has 0 aliphatic carbocycles. The van der Waals surface area contributed by atoms with Gasteiger partial charge in [-0.25, -0.2) is 4.79 Å². The molecule has 148 valence electrons. The van der Waals surface area contributed by atoms with E-state index in [1.807, 2.05) is 25.1 Å². The van der Waals surface area contributed by atoms with E-state index < -0.39 is 6.04 Å². The molecule has 1 fully saturated rings. The van der Waals surface area contributed by atoms with E-state index in [1.165, 1.54) is 7.11 Å². The maximum absolute atomic E-state index is 13.5. The van der Waals surface area contributed by atoms with Crippen molar-refractivity contribution in [1.29, 1.82) is 0 Å². The smallest absolute Gasteiger partial charge is 0.329 e. The van der Waals surface area contributed by atoms with Crippen molar-refractivity contribution >= 4 is 17.7 Å². The minimum Gasteiger partial charge on any atom is -0.467 e. The second-order valence-corrected chi connectivity index (χ2v) is 8.07. The summed E-state index contributed by atoms with van der Waals surface area (Å²) in [5, 5.41) is 0.856. The Bertz CT molecular complexity index is 936. The van der Waals surface area contributed by atoms with Crippen LogP contribution in [0.25, 0.3) is 11.1 Å². The first kappa shape index (κ1) is 19.2. The lowest BCUT2D eigenvalue weighted by Gasteiger charge is -2.28. The fourth-order valence-electron chi connectivity index (χ4n) is 3.91. The highest BCUT2D eigenvalue weighted by molar-refractivity contribution is 7.99. The Morgan fingerprint density at radius 3 is 2.64 bits per heavy atom. The number of thioether (sulfide) groups is 1. The third-order valence-corrected chi connectivity index (χ3v) is 6.60. The van der Waals surface area contributed by atoms with Gasteiger partial charge in [-0.05, 0) is 18.1 Å². The average molecular weight is 401 g/mol. The third kappa shape index (κ3) is 3.38. The van der Waals surface area contributed by atoms with Gasteiger partial charge in [0.15, 0.2) is 0 Å². The first-order valence-corrected chi connectivity index (χ1v) is 10.4. The summed E-state index contributed by atoms with van der Waals surface area (Å²) in [6, 6.07) is 9.50. The minimum absolute atomic E-state index is 0.0842. The monoisotopic (exact) mass is 400 g/mol. The summed E-state index contributed by atoms with van der Waals surface area (Å²) in [5.41, 5.74) is 3.76. The number of hydrogen-bond donors (Lipinski definition) is 0. The molecule has 4 rings (SSSR count). The zero-order chi connectivity index (χ0) is 19.7. The third-order valence-electron chi connectivity index (χ3n) is 5.45. The highest BCUT2D eigenvalue weighted by Gasteiger charge is 2.35. The van der Waals surface area contributed by atoms with Gasteiger partial charge in [-0.15, -0.1) is 11.8 Å². The maximum Gasteiger partial charge on any atom is 0.329 e. The van der Waals surface area contributed by atoms with Gasteiger partial charge in [0.2, 0.25) is 0 Å². The van der Waals surface area contributed by atoms with E-state index in [-0.39, 0.29) is 11.5 Å². The van der Waals surface area contributed by atoms with Gasteiger partial charge in [-0.1, -0.05) is 30.3 Å². The molecule has 2 aromatic rings. The molecule has 0 amide bonds. The summed E-state index contributed by atoms with van der Waals surface area (Å²) < 4.78 is 12.1. The zero-order valence-electron chi connectivity index (χ0n) is 16.1. The van der Waals surface area contributed by atoms with E-state index in [0.717, 1.165) is 40.4 Å². The lowest BCUT2D eigenvalue weighted by molar-refractivity contribution is -0.143. The number of aromatic nitrogens is 1. The van der Waals surface area contributed by atoms with E-state index >= 15 is 0 Å². The number of morpholine rings is 1. The van der Waals surface area contributed by atoms with Gasteiger partial charge in [-0.2, -0.15) is 0 Å². The second-order valence-electron chi connectivity index (χ2n) is 7.06. The van der Waals surface area contributed by atoms with Crippen LogP contribution in [0.5, 0.6) is 0 Å². The molecule has 28 heavy (non-hydrogen) atoms. The largest absolute Gasteiger partial charge is 0.467 e. The topological polar surface area (TPSA) is 60.8 Å². The maximum atomic E-state index is 13.5. The molecule has 0 unspecified atom stereocenters. The Morgan fingerprint density at radius 1 is 1.25 bits per heavy atom. The number of hydrogen-bond acceptors (Lipinski definition) is 6. The van der Waals surface area contributed by atoms with Crippen LogP contribution < -0.4 is 5.56 Å². The summed E-state index contributed by atoms with van der Waals surface area (Å²) >= 11 is 1.55. The second kappa shape index (κ2) is 8.11. The predicted molar refractivity (Wildman–Crippen MR) is 109 cm³/mol. The minimum atomic E-state index is -0.580. The fraction of sp³-hybridized carbons (Fsp3) is 0.429. The number of ether oxygens (including phenoxy) is 2. The lowest BCUT2D eigenvalue weighted by atomic mass is 9.98. The molecule has 1 aromatic carbocycles. The van der Waals surface area contributed by atoms with Crippen LogP contribution in [0, 0.1) is 6.92 Å².